The van der Waals surface area contributed by atoms with Gasteiger partial charge in [0.15, 0.2) is 0 Å². The van der Waals surface area contributed by atoms with Gasteiger partial charge >= 0.3 is 0 Å². The zero-order chi connectivity index (χ0) is 10.4. The predicted octanol–water partition coefficient (Wildman–Crippen LogP) is -0.183. The first-order chi connectivity index (χ1) is 6.75. The van der Waals surface area contributed by atoms with Crippen molar-refractivity contribution in [2.45, 2.75) is 6.54 Å². The van der Waals surface area contributed by atoms with Gasteiger partial charge in [0.1, 0.15) is 6.33 Å². The molecule has 0 radical (unpaired) electrons. The summed E-state index contributed by atoms with van der Waals surface area (Å²) in [7, 11) is 5.67. The van der Waals surface area contributed by atoms with E-state index in [0.717, 1.165) is 25.4 Å². The first kappa shape index (κ1) is 11.0. The molecule has 0 amide bonds. The first-order valence-corrected chi connectivity index (χ1v) is 4.64. The van der Waals surface area contributed by atoms with Crippen molar-refractivity contribution in [1.82, 2.24) is 15.0 Å². The number of aromatic nitrogens is 2. The van der Waals surface area contributed by atoms with Crippen LogP contribution in [-0.4, -0.2) is 44.0 Å². The lowest BCUT2D eigenvalue weighted by Crippen LogP contribution is -2.28. The molecule has 0 aliphatic rings. The summed E-state index contributed by atoms with van der Waals surface area (Å²) in [5, 5.41) is 5.26. The molecule has 0 atom stereocenters. The molecular formula is C9H18N4O. The van der Waals surface area contributed by atoms with E-state index in [1.807, 2.05) is 30.0 Å². The van der Waals surface area contributed by atoms with Gasteiger partial charge in [0.2, 0.25) is 0 Å². The van der Waals surface area contributed by atoms with Gasteiger partial charge < -0.3 is 15.1 Å². The third-order valence-corrected chi connectivity index (χ3v) is 1.91. The zero-order valence-corrected chi connectivity index (χ0v) is 9.03. The third kappa shape index (κ3) is 3.01. The van der Waals surface area contributed by atoms with E-state index in [0.29, 0.717) is 0 Å². The van der Waals surface area contributed by atoms with Crippen molar-refractivity contribution in [2.24, 2.45) is 0 Å². The molecule has 0 fully saturated rings. The van der Waals surface area contributed by atoms with Crippen LogP contribution in [0.5, 0.6) is 0 Å². The molecule has 0 spiro atoms. The van der Waals surface area contributed by atoms with E-state index in [4.69, 9.17) is 4.74 Å². The molecule has 1 rings (SSSR count). The number of rotatable bonds is 6. The van der Waals surface area contributed by atoms with Gasteiger partial charge in [-0.2, -0.15) is 0 Å². The predicted molar refractivity (Wildman–Crippen MR) is 55.9 cm³/mol. The summed E-state index contributed by atoms with van der Waals surface area (Å²) in [6, 6.07) is 0. The summed E-state index contributed by atoms with van der Waals surface area (Å²) in [5.41, 5.74) is 1.14. The van der Waals surface area contributed by atoms with E-state index in [1.165, 1.54) is 0 Å². The third-order valence-electron chi connectivity index (χ3n) is 1.91. The highest BCUT2D eigenvalue weighted by atomic mass is 16.5. The van der Waals surface area contributed by atoms with Crippen LogP contribution in [0.25, 0.3) is 0 Å². The van der Waals surface area contributed by atoms with E-state index in [9.17, 15) is 0 Å². The maximum atomic E-state index is 4.94. The van der Waals surface area contributed by atoms with Crippen LogP contribution < -0.4 is 10.3 Å². The smallest absolute Gasteiger partial charge is 0.114 e. The van der Waals surface area contributed by atoms with Gasteiger partial charge in [0.25, 0.3) is 0 Å². The Kier molecular flexibility index (Phi) is 4.42. The van der Waals surface area contributed by atoms with E-state index in [-0.39, 0.29) is 0 Å². The van der Waals surface area contributed by atoms with Crippen molar-refractivity contribution in [2.75, 3.05) is 39.4 Å². The molecule has 0 aromatic carbocycles. The maximum absolute atomic E-state index is 4.94. The molecule has 0 unspecified atom stereocenters. The topological polar surface area (TPSA) is 42.3 Å². The lowest BCUT2D eigenvalue weighted by Gasteiger charge is -2.17. The van der Waals surface area contributed by atoms with Gasteiger partial charge in [-0.3, -0.25) is 0 Å². The molecule has 0 bridgehead atoms. The SMILES string of the molecule is COCCNCc1cncn1N(C)C. The van der Waals surface area contributed by atoms with E-state index < -0.39 is 0 Å². The van der Waals surface area contributed by atoms with E-state index in [2.05, 4.69) is 10.3 Å². The Hall–Kier alpha value is -1.07. The molecule has 1 aromatic heterocycles. The summed E-state index contributed by atoms with van der Waals surface area (Å²) in [6.07, 6.45) is 3.66. The minimum atomic E-state index is 0.732. The second-order valence-corrected chi connectivity index (χ2v) is 3.25. The van der Waals surface area contributed by atoms with Crippen LogP contribution in [-0.2, 0) is 11.3 Å². The summed E-state index contributed by atoms with van der Waals surface area (Å²) < 4.78 is 6.94. The minimum absolute atomic E-state index is 0.732. The number of ether oxygens (including phenoxy) is 1. The average Bonchev–Trinajstić information content (AvgIpc) is 2.60. The molecule has 5 heteroatoms. The number of nitrogens with one attached hydrogen (secondary N) is 1. The molecule has 1 heterocycles. The number of hydrogen-bond acceptors (Lipinski definition) is 4. The first-order valence-electron chi connectivity index (χ1n) is 4.64. The average molecular weight is 198 g/mol. The summed E-state index contributed by atoms with van der Waals surface area (Å²) >= 11 is 0. The van der Waals surface area contributed by atoms with Crippen molar-refractivity contribution >= 4 is 0 Å². The Balaban J connectivity index is 2.38. The van der Waals surface area contributed by atoms with Crippen molar-refractivity contribution in [3.63, 3.8) is 0 Å². The number of methoxy groups -OCH3 is 1. The Morgan fingerprint density at radius 1 is 1.57 bits per heavy atom. The Labute approximate surface area is 84.7 Å². The molecule has 0 saturated heterocycles. The molecule has 1 N–H and O–H groups in total. The standard InChI is InChI=1S/C9H18N4O/c1-12(2)13-8-11-7-9(13)6-10-4-5-14-3/h7-8,10H,4-6H2,1-3H3. The van der Waals surface area contributed by atoms with Crippen LogP contribution in [0.2, 0.25) is 0 Å². The Bertz CT molecular complexity index is 259. The fourth-order valence-corrected chi connectivity index (χ4v) is 1.19. The maximum Gasteiger partial charge on any atom is 0.114 e. The summed E-state index contributed by atoms with van der Waals surface area (Å²) in [5.74, 6) is 0. The minimum Gasteiger partial charge on any atom is -0.383 e. The van der Waals surface area contributed by atoms with Crippen molar-refractivity contribution in [1.29, 1.82) is 0 Å². The largest absolute Gasteiger partial charge is 0.383 e. The van der Waals surface area contributed by atoms with Gasteiger partial charge in [-0.1, -0.05) is 0 Å². The van der Waals surface area contributed by atoms with Crippen LogP contribution in [0.4, 0.5) is 0 Å². The van der Waals surface area contributed by atoms with Crippen molar-refractivity contribution in [3.05, 3.63) is 18.2 Å². The van der Waals surface area contributed by atoms with E-state index >= 15 is 0 Å². The molecule has 5 nitrogen and oxygen atoms in total. The molecule has 14 heavy (non-hydrogen) atoms. The normalized spacial score (nSPS) is 10.5. The van der Waals surface area contributed by atoms with Crippen LogP contribution in [0.1, 0.15) is 5.69 Å². The molecule has 0 aliphatic heterocycles. The Morgan fingerprint density at radius 3 is 3.00 bits per heavy atom. The lowest BCUT2D eigenvalue weighted by molar-refractivity contribution is 0.199. The second-order valence-electron chi connectivity index (χ2n) is 3.25. The number of hydrogen-bond donors (Lipinski definition) is 1. The van der Waals surface area contributed by atoms with Crippen LogP contribution in [0.15, 0.2) is 12.5 Å². The van der Waals surface area contributed by atoms with Gasteiger partial charge in [0, 0.05) is 34.3 Å². The molecule has 1 aromatic rings. The fourth-order valence-electron chi connectivity index (χ4n) is 1.19. The number of nitrogens with zero attached hydrogens (tertiary/aromatic N) is 3. The van der Waals surface area contributed by atoms with Gasteiger partial charge in [-0.05, 0) is 0 Å². The summed E-state index contributed by atoms with van der Waals surface area (Å²) in [4.78, 5) is 4.09. The zero-order valence-electron chi connectivity index (χ0n) is 9.03. The highest BCUT2D eigenvalue weighted by molar-refractivity contribution is 5.01. The van der Waals surface area contributed by atoms with Crippen LogP contribution in [0, 0.1) is 0 Å². The van der Waals surface area contributed by atoms with E-state index in [1.54, 1.807) is 13.4 Å². The van der Waals surface area contributed by atoms with Crippen LogP contribution in [0.3, 0.4) is 0 Å². The van der Waals surface area contributed by atoms with Crippen molar-refractivity contribution in [3.8, 4) is 0 Å². The second kappa shape index (κ2) is 5.62. The molecular weight excluding hydrogens is 180 g/mol. The number of imidazole rings is 1. The lowest BCUT2D eigenvalue weighted by atomic mass is 10.4. The molecule has 80 valence electrons. The summed E-state index contributed by atoms with van der Waals surface area (Å²) in [6.45, 7) is 2.40. The van der Waals surface area contributed by atoms with Crippen molar-refractivity contribution < 1.29 is 4.74 Å². The monoisotopic (exact) mass is 198 g/mol. The van der Waals surface area contributed by atoms with Crippen LogP contribution >= 0.6 is 0 Å². The van der Waals surface area contributed by atoms with Gasteiger partial charge in [0.05, 0.1) is 18.5 Å². The fraction of sp³-hybridized carbons (Fsp3) is 0.667. The van der Waals surface area contributed by atoms with Gasteiger partial charge in [-0.25, -0.2) is 9.66 Å². The molecule has 0 saturated carbocycles. The quantitative estimate of drug-likeness (QED) is 0.644. The molecule has 0 aliphatic carbocycles. The highest BCUT2D eigenvalue weighted by Gasteiger charge is 2.01. The Morgan fingerprint density at radius 2 is 2.36 bits per heavy atom. The highest BCUT2D eigenvalue weighted by Crippen LogP contribution is 1.97. The van der Waals surface area contributed by atoms with Gasteiger partial charge in [-0.15, -0.1) is 0 Å².